The predicted molar refractivity (Wildman–Crippen MR) is 151 cm³/mol. The first-order valence-corrected chi connectivity index (χ1v) is 11.9. The van der Waals surface area contributed by atoms with Crippen molar-refractivity contribution in [1.82, 2.24) is 0 Å². The summed E-state index contributed by atoms with van der Waals surface area (Å²) in [6, 6.07) is 27.3. The van der Waals surface area contributed by atoms with Crippen LogP contribution in [0.25, 0.3) is 38.2 Å². The molecule has 4 N–H and O–H groups in total. The summed E-state index contributed by atoms with van der Waals surface area (Å²) in [5.74, 6) is 0.843. The van der Waals surface area contributed by atoms with E-state index in [0.717, 1.165) is 57.0 Å². The summed E-state index contributed by atoms with van der Waals surface area (Å²) < 4.78 is 5.79. The molecule has 0 aliphatic heterocycles. The number of allylic oxidation sites excluding steroid dienone is 6. The number of benzene rings is 4. The quantitative estimate of drug-likeness (QED) is 0.161. The third kappa shape index (κ3) is 5.01. The third-order valence-corrected chi connectivity index (χ3v) is 6.19. The Bertz CT molecular complexity index is 1550. The highest BCUT2D eigenvalue weighted by atomic mass is 16.5. The predicted octanol–water partition coefficient (Wildman–Crippen LogP) is 7.23. The number of hydrogen-bond acceptors (Lipinski definition) is 4. The van der Waals surface area contributed by atoms with Gasteiger partial charge in [0.15, 0.2) is 0 Å². The molecule has 0 aliphatic rings. The number of ether oxygens (including phenoxy) is 1. The molecular weight excluding hydrogens is 442 g/mol. The van der Waals surface area contributed by atoms with Gasteiger partial charge in [0.2, 0.25) is 0 Å². The van der Waals surface area contributed by atoms with Crippen molar-refractivity contribution >= 4 is 27.1 Å². The van der Waals surface area contributed by atoms with Gasteiger partial charge >= 0.3 is 0 Å². The monoisotopic (exact) mass is 471 g/mol. The fourth-order valence-electron chi connectivity index (χ4n) is 4.50. The van der Waals surface area contributed by atoms with Crippen molar-refractivity contribution in [3.05, 3.63) is 121 Å². The van der Waals surface area contributed by atoms with Gasteiger partial charge in [-0.25, -0.2) is 0 Å². The summed E-state index contributed by atoms with van der Waals surface area (Å²) in [5.41, 5.74) is 16.2. The molecule has 178 valence electrons. The van der Waals surface area contributed by atoms with E-state index in [1.165, 1.54) is 11.6 Å². The van der Waals surface area contributed by atoms with Crippen molar-refractivity contribution in [3.8, 4) is 22.9 Å². The summed E-state index contributed by atoms with van der Waals surface area (Å²) in [5, 5.41) is 13.7. The van der Waals surface area contributed by atoms with E-state index in [9.17, 15) is 0 Å². The molecule has 0 unspecified atom stereocenters. The number of fused-ring (bicyclic) bond motifs is 2. The molecule has 0 amide bonds. The van der Waals surface area contributed by atoms with E-state index in [-0.39, 0.29) is 0 Å². The Balaban J connectivity index is 1.75. The summed E-state index contributed by atoms with van der Waals surface area (Å²) >= 11 is 0. The molecule has 4 aromatic rings. The van der Waals surface area contributed by atoms with Gasteiger partial charge < -0.3 is 16.2 Å². The Morgan fingerprint density at radius 1 is 0.861 bits per heavy atom. The molecule has 4 aromatic carbocycles. The Labute approximate surface area is 212 Å². The van der Waals surface area contributed by atoms with Crippen LogP contribution in [0.2, 0.25) is 0 Å². The number of unbranched alkanes of at least 4 members (excludes halogenated alkanes) is 1. The fourth-order valence-corrected chi connectivity index (χ4v) is 4.50. The van der Waals surface area contributed by atoms with Gasteiger partial charge in [-0.05, 0) is 69.4 Å². The van der Waals surface area contributed by atoms with Crippen molar-refractivity contribution < 1.29 is 4.74 Å². The van der Waals surface area contributed by atoms with E-state index in [1.54, 1.807) is 19.4 Å². The van der Waals surface area contributed by atoms with Gasteiger partial charge in [0.25, 0.3) is 0 Å². The smallest absolute Gasteiger partial charge is 0.127 e. The van der Waals surface area contributed by atoms with Crippen LogP contribution in [-0.2, 0) is 0 Å². The van der Waals surface area contributed by atoms with Crippen molar-refractivity contribution in [3.63, 3.8) is 0 Å². The Morgan fingerprint density at radius 2 is 1.61 bits per heavy atom. The van der Waals surface area contributed by atoms with Crippen LogP contribution in [0.5, 0.6) is 5.75 Å². The SMILES string of the molecule is COc1ccc2ccccc2c1-c1ccc(C(/C=C\CC/C=C(C#N)\C=C/N)=C/N)c2ccccc12. The van der Waals surface area contributed by atoms with E-state index in [4.69, 9.17) is 21.5 Å². The minimum absolute atomic E-state index is 0.561. The molecule has 0 radical (unpaired) electrons. The third-order valence-electron chi connectivity index (χ3n) is 6.19. The zero-order valence-corrected chi connectivity index (χ0v) is 20.3. The maximum absolute atomic E-state index is 9.11. The summed E-state index contributed by atoms with van der Waals surface area (Å²) in [6.07, 6.45) is 12.1. The van der Waals surface area contributed by atoms with Crippen molar-refractivity contribution in [2.24, 2.45) is 11.5 Å². The number of hydrogen-bond donors (Lipinski definition) is 2. The molecule has 36 heavy (non-hydrogen) atoms. The number of methoxy groups -OCH3 is 1. The molecule has 0 saturated carbocycles. The lowest BCUT2D eigenvalue weighted by Crippen LogP contribution is -1.94. The molecule has 4 nitrogen and oxygen atoms in total. The second-order valence-corrected chi connectivity index (χ2v) is 8.30. The van der Waals surface area contributed by atoms with Crippen LogP contribution in [-0.4, -0.2) is 7.11 Å². The van der Waals surface area contributed by atoms with Crippen molar-refractivity contribution in [2.45, 2.75) is 12.8 Å². The van der Waals surface area contributed by atoms with Gasteiger partial charge in [0.05, 0.1) is 13.2 Å². The Morgan fingerprint density at radius 3 is 2.33 bits per heavy atom. The largest absolute Gasteiger partial charge is 0.496 e. The van der Waals surface area contributed by atoms with Gasteiger partial charge in [-0.3, -0.25) is 0 Å². The fraction of sp³-hybridized carbons (Fsp3) is 0.0938. The maximum atomic E-state index is 9.11. The number of rotatable bonds is 8. The first-order chi connectivity index (χ1) is 17.7. The normalized spacial score (nSPS) is 12.6. The lowest BCUT2D eigenvalue weighted by molar-refractivity contribution is 0.417. The van der Waals surface area contributed by atoms with E-state index in [0.29, 0.717) is 5.57 Å². The molecule has 0 heterocycles. The summed E-state index contributed by atoms with van der Waals surface area (Å²) in [7, 11) is 1.71. The second kappa shape index (κ2) is 11.6. The number of nitrogens with zero attached hydrogens (tertiary/aromatic N) is 1. The van der Waals surface area contributed by atoms with Crippen LogP contribution < -0.4 is 16.2 Å². The molecule has 0 saturated heterocycles. The molecule has 0 aromatic heterocycles. The molecule has 0 bridgehead atoms. The molecule has 4 heteroatoms. The highest BCUT2D eigenvalue weighted by Gasteiger charge is 2.15. The molecule has 4 rings (SSSR count). The van der Waals surface area contributed by atoms with Gasteiger partial charge in [-0.2, -0.15) is 5.26 Å². The zero-order chi connectivity index (χ0) is 25.3. The van der Waals surface area contributed by atoms with Gasteiger partial charge in [-0.1, -0.05) is 85.0 Å². The van der Waals surface area contributed by atoms with Crippen molar-refractivity contribution in [1.29, 1.82) is 5.26 Å². The maximum Gasteiger partial charge on any atom is 0.127 e. The number of nitriles is 1. The van der Waals surface area contributed by atoms with Gasteiger partial charge in [0.1, 0.15) is 5.75 Å². The molecular formula is C32H29N3O. The van der Waals surface area contributed by atoms with E-state index in [1.807, 2.05) is 24.3 Å². The Kier molecular flexibility index (Phi) is 7.85. The number of nitrogens with two attached hydrogens (primary N) is 2. The molecule has 0 spiro atoms. The zero-order valence-electron chi connectivity index (χ0n) is 20.3. The standard InChI is InChI=1S/C32H29N3O/c1-36-31-18-15-24-10-5-6-12-27(24)32(31)30-17-16-26(28-13-7-8-14-29(28)30)25(22-35)11-4-2-3-9-23(21-34)19-20-33/h4-20,22H,2-3,33,35H2,1H3/b11-4-,20-19-,23-9+,25-22+. The van der Waals surface area contributed by atoms with Crippen molar-refractivity contribution in [2.75, 3.05) is 7.11 Å². The average Bonchev–Trinajstić information content (AvgIpc) is 2.93. The topological polar surface area (TPSA) is 85.1 Å². The lowest BCUT2D eigenvalue weighted by Gasteiger charge is -2.17. The van der Waals surface area contributed by atoms with E-state index < -0.39 is 0 Å². The van der Waals surface area contributed by atoms with Crippen LogP contribution in [0.3, 0.4) is 0 Å². The first kappa shape index (κ1) is 24.4. The minimum atomic E-state index is 0.561. The second-order valence-electron chi connectivity index (χ2n) is 8.30. The summed E-state index contributed by atoms with van der Waals surface area (Å²) in [6.45, 7) is 0. The van der Waals surface area contributed by atoms with Crippen LogP contribution in [0.15, 0.2) is 115 Å². The van der Waals surface area contributed by atoms with E-state index >= 15 is 0 Å². The van der Waals surface area contributed by atoms with Crippen LogP contribution in [0.1, 0.15) is 18.4 Å². The van der Waals surface area contributed by atoms with Crippen LogP contribution in [0.4, 0.5) is 0 Å². The molecule has 0 fully saturated rings. The first-order valence-electron chi connectivity index (χ1n) is 11.9. The highest BCUT2D eigenvalue weighted by Crippen LogP contribution is 2.42. The molecule has 0 atom stereocenters. The van der Waals surface area contributed by atoms with Crippen LogP contribution in [0, 0.1) is 11.3 Å². The molecule has 0 aliphatic carbocycles. The van der Waals surface area contributed by atoms with Gasteiger partial charge in [-0.15, -0.1) is 0 Å². The lowest BCUT2D eigenvalue weighted by atomic mass is 9.89. The Hall–Kier alpha value is -4.75. The average molecular weight is 472 g/mol. The highest BCUT2D eigenvalue weighted by molar-refractivity contribution is 6.10. The summed E-state index contributed by atoms with van der Waals surface area (Å²) in [4.78, 5) is 0. The van der Waals surface area contributed by atoms with Gasteiger partial charge in [0, 0.05) is 17.3 Å². The van der Waals surface area contributed by atoms with Crippen LogP contribution >= 0.6 is 0 Å². The minimum Gasteiger partial charge on any atom is -0.496 e. The van der Waals surface area contributed by atoms with E-state index in [2.05, 4.69) is 72.8 Å².